The Morgan fingerprint density at radius 3 is 2.54 bits per heavy atom. The third kappa shape index (κ3) is 2.69. The smallest absolute Gasteiger partial charge is 0.211 e. The summed E-state index contributed by atoms with van der Waals surface area (Å²) in [4.78, 5) is 13.3. The number of isocyanates is 1. The number of nitrogens with zero attached hydrogens (tertiary/aromatic N) is 1. The standard InChI is InChI=1S/C11H11NO/c1-9(2)11-5-3-10(4-6-11)7-12-8-13/h3-6H,1,7H2,2H3. The molecule has 0 heterocycles. The molecule has 0 bridgehead atoms. The zero-order valence-electron chi connectivity index (χ0n) is 7.58. The van der Waals surface area contributed by atoms with Gasteiger partial charge in [-0.15, -0.1) is 0 Å². The molecule has 0 aliphatic heterocycles. The summed E-state index contributed by atoms with van der Waals surface area (Å²) in [6, 6.07) is 7.81. The van der Waals surface area contributed by atoms with Crippen LogP contribution in [-0.4, -0.2) is 6.08 Å². The molecule has 2 heteroatoms. The van der Waals surface area contributed by atoms with Crippen molar-refractivity contribution in [1.29, 1.82) is 0 Å². The van der Waals surface area contributed by atoms with Gasteiger partial charge in [0.25, 0.3) is 0 Å². The summed E-state index contributed by atoms with van der Waals surface area (Å²) in [6.45, 7) is 6.19. The van der Waals surface area contributed by atoms with Crippen LogP contribution in [-0.2, 0) is 11.3 Å². The minimum atomic E-state index is 0.403. The van der Waals surface area contributed by atoms with Crippen molar-refractivity contribution in [2.24, 2.45) is 4.99 Å². The topological polar surface area (TPSA) is 29.4 Å². The van der Waals surface area contributed by atoms with E-state index in [1.165, 1.54) is 6.08 Å². The molecule has 0 N–H and O–H groups in total. The lowest BCUT2D eigenvalue weighted by molar-refractivity contribution is 0.563. The van der Waals surface area contributed by atoms with Gasteiger partial charge in [0.05, 0.1) is 6.54 Å². The highest BCUT2D eigenvalue weighted by molar-refractivity contribution is 5.61. The summed E-state index contributed by atoms with van der Waals surface area (Å²) >= 11 is 0. The highest BCUT2D eigenvalue weighted by atomic mass is 16.1. The summed E-state index contributed by atoms with van der Waals surface area (Å²) in [5.41, 5.74) is 3.15. The van der Waals surface area contributed by atoms with Gasteiger partial charge in [-0.05, 0) is 18.1 Å². The predicted molar refractivity (Wildman–Crippen MR) is 53.0 cm³/mol. The number of carbonyl (C=O) groups excluding carboxylic acids is 1. The van der Waals surface area contributed by atoms with Crippen molar-refractivity contribution in [2.45, 2.75) is 13.5 Å². The van der Waals surface area contributed by atoms with Crippen molar-refractivity contribution in [3.63, 3.8) is 0 Å². The maximum Gasteiger partial charge on any atom is 0.235 e. The van der Waals surface area contributed by atoms with Crippen molar-refractivity contribution in [1.82, 2.24) is 0 Å². The second kappa shape index (κ2) is 4.39. The molecule has 1 aromatic carbocycles. The Bertz CT molecular complexity index is 345. The van der Waals surface area contributed by atoms with Crippen molar-refractivity contribution in [2.75, 3.05) is 0 Å². The van der Waals surface area contributed by atoms with Gasteiger partial charge in [0.15, 0.2) is 0 Å². The minimum Gasteiger partial charge on any atom is -0.211 e. The Morgan fingerprint density at radius 1 is 1.46 bits per heavy atom. The summed E-state index contributed by atoms with van der Waals surface area (Å²) in [7, 11) is 0. The van der Waals surface area contributed by atoms with Gasteiger partial charge in [0.2, 0.25) is 6.08 Å². The Kier molecular flexibility index (Phi) is 3.18. The first-order chi connectivity index (χ1) is 6.24. The van der Waals surface area contributed by atoms with Crippen molar-refractivity contribution < 1.29 is 4.79 Å². The quantitative estimate of drug-likeness (QED) is 0.510. The van der Waals surface area contributed by atoms with Gasteiger partial charge >= 0.3 is 0 Å². The molecule has 1 aromatic rings. The molecule has 0 amide bonds. The summed E-state index contributed by atoms with van der Waals surface area (Å²) in [5.74, 6) is 0. The lowest BCUT2D eigenvalue weighted by Gasteiger charge is -2.00. The number of hydrogen-bond donors (Lipinski definition) is 0. The molecule has 13 heavy (non-hydrogen) atoms. The van der Waals surface area contributed by atoms with Crippen LogP contribution in [0.1, 0.15) is 18.1 Å². The second-order valence-corrected chi connectivity index (χ2v) is 2.88. The van der Waals surface area contributed by atoms with Crippen LogP contribution in [0.25, 0.3) is 5.57 Å². The number of hydrogen-bond acceptors (Lipinski definition) is 2. The molecule has 0 unspecified atom stereocenters. The average molecular weight is 173 g/mol. The fourth-order valence-corrected chi connectivity index (χ4v) is 1.02. The van der Waals surface area contributed by atoms with Crippen molar-refractivity contribution >= 4 is 11.7 Å². The summed E-state index contributed by atoms with van der Waals surface area (Å²) in [6.07, 6.45) is 1.51. The van der Waals surface area contributed by atoms with E-state index in [2.05, 4.69) is 11.6 Å². The van der Waals surface area contributed by atoms with Crippen LogP contribution in [0.3, 0.4) is 0 Å². The molecule has 0 aromatic heterocycles. The normalized spacial score (nSPS) is 9.00. The highest BCUT2D eigenvalue weighted by Crippen LogP contribution is 2.12. The van der Waals surface area contributed by atoms with E-state index in [4.69, 9.17) is 0 Å². The van der Waals surface area contributed by atoms with Gasteiger partial charge in [0, 0.05) is 0 Å². The molecular formula is C11H11NO. The number of allylic oxidation sites excluding steroid dienone is 1. The maximum absolute atomic E-state index is 9.85. The molecule has 1 rings (SSSR count). The van der Waals surface area contributed by atoms with Crippen LogP contribution >= 0.6 is 0 Å². The van der Waals surface area contributed by atoms with E-state index in [1.807, 2.05) is 31.2 Å². The summed E-state index contributed by atoms with van der Waals surface area (Å²) < 4.78 is 0. The van der Waals surface area contributed by atoms with Gasteiger partial charge < -0.3 is 0 Å². The third-order valence-electron chi connectivity index (χ3n) is 1.77. The van der Waals surface area contributed by atoms with E-state index < -0.39 is 0 Å². The van der Waals surface area contributed by atoms with E-state index in [1.54, 1.807) is 0 Å². The largest absolute Gasteiger partial charge is 0.235 e. The van der Waals surface area contributed by atoms with Gasteiger partial charge in [-0.25, -0.2) is 9.79 Å². The van der Waals surface area contributed by atoms with Crippen LogP contribution in [0.15, 0.2) is 35.8 Å². The Hall–Kier alpha value is -1.66. The van der Waals surface area contributed by atoms with Gasteiger partial charge in [-0.1, -0.05) is 36.4 Å². The molecule has 0 atom stereocenters. The zero-order chi connectivity index (χ0) is 9.68. The molecule has 2 nitrogen and oxygen atoms in total. The van der Waals surface area contributed by atoms with Gasteiger partial charge in [-0.2, -0.15) is 0 Å². The third-order valence-corrected chi connectivity index (χ3v) is 1.77. The van der Waals surface area contributed by atoms with E-state index in [-0.39, 0.29) is 0 Å². The van der Waals surface area contributed by atoms with Crippen LogP contribution in [0, 0.1) is 0 Å². The van der Waals surface area contributed by atoms with Crippen LogP contribution in [0.2, 0.25) is 0 Å². The Labute approximate surface area is 77.6 Å². The highest BCUT2D eigenvalue weighted by Gasteiger charge is 1.93. The van der Waals surface area contributed by atoms with E-state index in [9.17, 15) is 4.79 Å². The number of rotatable bonds is 3. The van der Waals surface area contributed by atoms with Crippen LogP contribution in [0.4, 0.5) is 0 Å². The average Bonchev–Trinajstić information content (AvgIpc) is 2.15. The second-order valence-electron chi connectivity index (χ2n) is 2.88. The molecule has 0 aliphatic rings. The lowest BCUT2D eigenvalue weighted by Crippen LogP contribution is -1.82. The van der Waals surface area contributed by atoms with E-state index >= 15 is 0 Å². The zero-order valence-corrected chi connectivity index (χ0v) is 7.58. The van der Waals surface area contributed by atoms with Crippen LogP contribution in [0.5, 0.6) is 0 Å². The SMILES string of the molecule is C=C(C)c1ccc(CN=C=O)cc1. The molecule has 0 fully saturated rings. The first-order valence-electron chi connectivity index (χ1n) is 4.02. The van der Waals surface area contributed by atoms with E-state index in [0.29, 0.717) is 6.54 Å². The summed E-state index contributed by atoms with van der Waals surface area (Å²) in [5, 5.41) is 0. The Morgan fingerprint density at radius 2 is 2.08 bits per heavy atom. The molecule has 0 aliphatic carbocycles. The molecule has 0 spiro atoms. The maximum atomic E-state index is 9.85. The fourth-order valence-electron chi connectivity index (χ4n) is 1.02. The molecular weight excluding hydrogens is 162 g/mol. The van der Waals surface area contributed by atoms with Crippen molar-refractivity contribution in [3.05, 3.63) is 42.0 Å². The van der Waals surface area contributed by atoms with E-state index in [0.717, 1.165) is 16.7 Å². The molecule has 0 saturated carbocycles. The first-order valence-corrected chi connectivity index (χ1v) is 4.02. The van der Waals surface area contributed by atoms with Gasteiger partial charge in [0.1, 0.15) is 0 Å². The Balaban J connectivity index is 2.80. The molecule has 0 saturated heterocycles. The number of aliphatic imine (C=N–C) groups is 1. The fraction of sp³-hybridized carbons (Fsp3) is 0.182. The lowest BCUT2D eigenvalue weighted by atomic mass is 10.1. The first kappa shape index (κ1) is 9.43. The molecule has 0 radical (unpaired) electrons. The predicted octanol–water partition coefficient (Wildman–Crippen LogP) is 2.56. The molecule has 66 valence electrons. The minimum absolute atomic E-state index is 0.403. The van der Waals surface area contributed by atoms with Crippen LogP contribution < -0.4 is 0 Å². The van der Waals surface area contributed by atoms with Gasteiger partial charge in [-0.3, -0.25) is 0 Å². The van der Waals surface area contributed by atoms with Crippen molar-refractivity contribution in [3.8, 4) is 0 Å². The monoisotopic (exact) mass is 173 g/mol. The number of benzene rings is 1.